The highest BCUT2D eigenvalue weighted by molar-refractivity contribution is 6.05. The number of aryl methyl sites for hydroxylation is 2. The minimum atomic E-state index is -1.03. The van der Waals surface area contributed by atoms with Crippen LogP contribution in [0.1, 0.15) is 31.8 Å². The maximum absolute atomic E-state index is 13.5. The topological polar surface area (TPSA) is 66.4 Å². The SMILES string of the molecule is Cc1ccc(C(=O)Nc2ccc(C(=O)O)cc2C)cc1F. The molecule has 0 atom stereocenters. The van der Waals surface area contributed by atoms with Gasteiger partial charge in [-0.2, -0.15) is 0 Å². The van der Waals surface area contributed by atoms with Crippen LogP contribution in [-0.4, -0.2) is 17.0 Å². The number of carboxylic acids is 1. The molecule has 0 radical (unpaired) electrons. The van der Waals surface area contributed by atoms with Crippen molar-refractivity contribution < 1.29 is 19.1 Å². The van der Waals surface area contributed by atoms with Gasteiger partial charge in [0.1, 0.15) is 5.82 Å². The number of hydrogen-bond donors (Lipinski definition) is 2. The number of rotatable bonds is 3. The Kier molecular flexibility index (Phi) is 4.03. The summed E-state index contributed by atoms with van der Waals surface area (Å²) in [5, 5.41) is 11.5. The molecule has 0 unspecified atom stereocenters. The van der Waals surface area contributed by atoms with Crippen molar-refractivity contribution in [2.45, 2.75) is 13.8 Å². The zero-order chi connectivity index (χ0) is 15.6. The van der Waals surface area contributed by atoms with Crippen molar-refractivity contribution in [1.82, 2.24) is 0 Å². The first-order chi connectivity index (χ1) is 9.88. The third-order valence-corrected chi connectivity index (χ3v) is 3.16. The van der Waals surface area contributed by atoms with Crippen LogP contribution in [0.2, 0.25) is 0 Å². The van der Waals surface area contributed by atoms with Crippen molar-refractivity contribution in [3.63, 3.8) is 0 Å². The average Bonchev–Trinajstić information content (AvgIpc) is 2.43. The minimum absolute atomic E-state index is 0.145. The van der Waals surface area contributed by atoms with Gasteiger partial charge < -0.3 is 10.4 Å². The van der Waals surface area contributed by atoms with E-state index >= 15 is 0 Å². The molecule has 2 rings (SSSR count). The highest BCUT2D eigenvalue weighted by Gasteiger charge is 2.11. The number of nitrogens with one attached hydrogen (secondary N) is 1. The Labute approximate surface area is 121 Å². The van der Waals surface area contributed by atoms with Crippen LogP contribution in [0.3, 0.4) is 0 Å². The summed E-state index contributed by atoms with van der Waals surface area (Å²) in [6.45, 7) is 3.31. The van der Waals surface area contributed by atoms with Crippen molar-refractivity contribution in [1.29, 1.82) is 0 Å². The lowest BCUT2D eigenvalue weighted by molar-refractivity contribution is 0.0696. The Morgan fingerprint density at radius 3 is 2.24 bits per heavy atom. The fourth-order valence-electron chi connectivity index (χ4n) is 1.87. The number of carbonyl (C=O) groups excluding carboxylic acids is 1. The van der Waals surface area contributed by atoms with Crippen LogP contribution in [0.5, 0.6) is 0 Å². The van der Waals surface area contributed by atoms with Crippen molar-refractivity contribution in [2.24, 2.45) is 0 Å². The fourth-order valence-corrected chi connectivity index (χ4v) is 1.87. The monoisotopic (exact) mass is 287 g/mol. The smallest absolute Gasteiger partial charge is 0.335 e. The molecule has 0 bridgehead atoms. The molecule has 21 heavy (non-hydrogen) atoms. The van der Waals surface area contributed by atoms with Crippen LogP contribution in [0.4, 0.5) is 10.1 Å². The molecular formula is C16H14FNO3. The summed E-state index contributed by atoms with van der Waals surface area (Å²) in [6.07, 6.45) is 0. The van der Waals surface area contributed by atoms with Crippen LogP contribution in [-0.2, 0) is 0 Å². The molecule has 0 spiro atoms. The van der Waals surface area contributed by atoms with E-state index < -0.39 is 17.7 Å². The first kappa shape index (κ1) is 14.7. The predicted molar refractivity (Wildman–Crippen MR) is 77.2 cm³/mol. The van der Waals surface area contributed by atoms with Gasteiger partial charge in [-0.15, -0.1) is 0 Å². The third-order valence-electron chi connectivity index (χ3n) is 3.16. The lowest BCUT2D eigenvalue weighted by atomic mass is 10.1. The van der Waals surface area contributed by atoms with E-state index in [4.69, 9.17) is 5.11 Å². The van der Waals surface area contributed by atoms with Crippen molar-refractivity contribution in [3.8, 4) is 0 Å². The summed E-state index contributed by atoms with van der Waals surface area (Å²) in [4.78, 5) is 22.9. The van der Waals surface area contributed by atoms with Crippen LogP contribution in [0.25, 0.3) is 0 Å². The first-order valence-electron chi connectivity index (χ1n) is 6.30. The molecule has 0 aliphatic rings. The molecule has 5 heteroatoms. The Bertz CT molecular complexity index is 725. The Balaban J connectivity index is 2.23. The highest BCUT2D eigenvalue weighted by atomic mass is 19.1. The predicted octanol–water partition coefficient (Wildman–Crippen LogP) is 3.39. The minimum Gasteiger partial charge on any atom is -0.478 e. The van der Waals surface area contributed by atoms with Gasteiger partial charge in [0.2, 0.25) is 0 Å². The van der Waals surface area contributed by atoms with E-state index in [9.17, 15) is 14.0 Å². The van der Waals surface area contributed by atoms with Crippen LogP contribution >= 0.6 is 0 Å². The number of hydrogen-bond acceptors (Lipinski definition) is 2. The Morgan fingerprint density at radius 1 is 1.00 bits per heavy atom. The number of carboxylic acid groups (broad SMARTS) is 1. The van der Waals surface area contributed by atoms with E-state index in [2.05, 4.69) is 5.32 Å². The maximum atomic E-state index is 13.5. The largest absolute Gasteiger partial charge is 0.478 e. The Morgan fingerprint density at radius 2 is 1.67 bits per heavy atom. The number of carbonyl (C=O) groups is 2. The quantitative estimate of drug-likeness (QED) is 0.909. The van der Waals surface area contributed by atoms with E-state index in [1.165, 1.54) is 36.4 Å². The highest BCUT2D eigenvalue weighted by Crippen LogP contribution is 2.18. The van der Waals surface area contributed by atoms with E-state index in [0.29, 0.717) is 16.8 Å². The van der Waals surface area contributed by atoms with E-state index in [-0.39, 0.29) is 11.1 Å². The molecule has 2 aromatic rings. The van der Waals surface area contributed by atoms with Crippen LogP contribution in [0, 0.1) is 19.7 Å². The van der Waals surface area contributed by atoms with Gasteiger partial charge in [0.25, 0.3) is 5.91 Å². The van der Waals surface area contributed by atoms with Gasteiger partial charge in [0.05, 0.1) is 5.56 Å². The third kappa shape index (κ3) is 3.25. The van der Waals surface area contributed by atoms with E-state index in [1.54, 1.807) is 13.8 Å². The number of benzene rings is 2. The summed E-state index contributed by atoms with van der Waals surface area (Å²) in [6, 6.07) is 8.63. The molecule has 0 aliphatic carbocycles. The van der Waals surface area contributed by atoms with Gasteiger partial charge in [-0.25, -0.2) is 9.18 Å². The number of anilines is 1. The van der Waals surface area contributed by atoms with Gasteiger partial charge in [-0.3, -0.25) is 4.79 Å². The molecule has 2 aromatic carbocycles. The van der Waals surface area contributed by atoms with Crippen molar-refractivity contribution in [2.75, 3.05) is 5.32 Å². The van der Waals surface area contributed by atoms with Crippen LogP contribution in [0.15, 0.2) is 36.4 Å². The molecular weight excluding hydrogens is 273 g/mol. The summed E-state index contributed by atoms with van der Waals surface area (Å²) < 4.78 is 13.5. The van der Waals surface area contributed by atoms with Crippen molar-refractivity contribution >= 4 is 17.6 Å². The van der Waals surface area contributed by atoms with Gasteiger partial charge >= 0.3 is 5.97 Å². The molecule has 0 saturated heterocycles. The maximum Gasteiger partial charge on any atom is 0.335 e. The molecule has 0 aromatic heterocycles. The van der Waals surface area contributed by atoms with Gasteiger partial charge in [0, 0.05) is 11.3 Å². The summed E-state index contributed by atoms with van der Waals surface area (Å²) in [7, 11) is 0. The fraction of sp³-hybridized carbons (Fsp3) is 0.125. The molecule has 0 heterocycles. The average molecular weight is 287 g/mol. The van der Waals surface area contributed by atoms with Gasteiger partial charge in [0.15, 0.2) is 0 Å². The number of aromatic carboxylic acids is 1. The normalized spacial score (nSPS) is 10.2. The van der Waals surface area contributed by atoms with Gasteiger partial charge in [-0.1, -0.05) is 6.07 Å². The summed E-state index contributed by atoms with van der Waals surface area (Å²) in [5.41, 5.74) is 1.93. The molecule has 0 fully saturated rings. The zero-order valence-corrected chi connectivity index (χ0v) is 11.6. The summed E-state index contributed by atoms with van der Waals surface area (Å²) in [5.74, 6) is -1.92. The molecule has 108 valence electrons. The molecule has 0 saturated carbocycles. The number of halogens is 1. The second-order valence-corrected chi connectivity index (χ2v) is 4.75. The standard InChI is InChI=1S/C16H14FNO3/c1-9-3-4-11(8-13(9)17)15(19)18-14-6-5-12(16(20)21)7-10(14)2/h3-8H,1-2H3,(H,18,19)(H,20,21). The number of amides is 1. The van der Waals surface area contributed by atoms with E-state index in [1.807, 2.05) is 0 Å². The zero-order valence-electron chi connectivity index (χ0n) is 11.6. The molecule has 1 amide bonds. The van der Waals surface area contributed by atoms with Gasteiger partial charge in [-0.05, 0) is 55.3 Å². The Hall–Kier alpha value is -2.69. The lowest BCUT2D eigenvalue weighted by Gasteiger charge is -2.09. The van der Waals surface area contributed by atoms with E-state index in [0.717, 1.165) is 0 Å². The second-order valence-electron chi connectivity index (χ2n) is 4.75. The summed E-state index contributed by atoms with van der Waals surface area (Å²) >= 11 is 0. The molecule has 4 nitrogen and oxygen atoms in total. The molecule has 0 aliphatic heterocycles. The lowest BCUT2D eigenvalue weighted by Crippen LogP contribution is -2.13. The van der Waals surface area contributed by atoms with Crippen molar-refractivity contribution in [3.05, 3.63) is 64.5 Å². The first-order valence-corrected chi connectivity index (χ1v) is 6.30. The molecule has 2 N–H and O–H groups in total. The second kappa shape index (κ2) is 5.75. The van der Waals surface area contributed by atoms with Crippen LogP contribution < -0.4 is 5.32 Å².